The Labute approximate surface area is 138 Å². The number of nitrogens with one attached hydrogen (secondary N) is 2. The van der Waals surface area contributed by atoms with Crippen LogP contribution in [0.3, 0.4) is 0 Å². The highest BCUT2D eigenvalue weighted by Gasteiger charge is 2.05. The van der Waals surface area contributed by atoms with Crippen LogP contribution in [-0.2, 0) is 6.54 Å². The maximum atomic E-state index is 11.9. The van der Waals surface area contributed by atoms with Crippen LogP contribution in [0.25, 0.3) is 11.5 Å². The van der Waals surface area contributed by atoms with Gasteiger partial charge in [0.25, 0.3) is 0 Å². The largest absolute Gasteiger partial charge is 0.463 e. The van der Waals surface area contributed by atoms with Crippen LogP contribution in [0.15, 0.2) is 65.4 Å². The maximum absolute atomic E-state index is 11.9. The smallest absolute Gasteiger partial charge is 0.319 e. The fourth-order valence-corrected chi connectivity index (χ4v) is 2.16. The van der Waals surface area contributed by atoms with Gasteiger partial charge in [-0.2, -0.15) is 0 Å². The van der Waals surface area contributed by atoms with E-state index in [0.29, 0.717) is 23.0 Å². The number of pyridine rings is 1. The Morgan fingerprint density at radius 3 is 2.74 bits per heavy atom. The molecule has 0 atom stereocenters. The molecule has 0 aliphatic carbocycles. The summed E-state index contributed by atoms with van der Waals surface area (Å²) < 4.78 is 5.32. The number of furan rings is 1. The molecule has 2 amide bonds. The van der Waals surface area contributed by atoms with E-state index >= 15 is 0 Å². The van der Waals surface area contributed by atoms with Crippen LogP contribution in [0.1, 0.15) is 5.56 Å². The molecule has 6 heteroatoms. The van der Waals surface area contributed by atoms with Crippen molar-refractivity contribution in [3.8, 4) is 11.5 Å². The van der Waals surface area contributed by atoms with Crippen LogP contribution in [0.4, 0.5) is 10.5 Å². The summed E-state index contributed by atoms with van der Waals surface area (Å²) >= 11 is 5.80. The molecule has 0 radical (unpaired) electrons. The molecule has 2 heterocycles. The quantitative estimate of drug-likeness (QED) is 0.750. The molecule has 116 valence electrons. The normalized spacial score (nSPS) is 10.3. The second-order valence-corrected chi connectivity index (χ2v) is 5.28. The summed E-state index contributed by atoms with van der Waals surface area (Å²) in [5.74, 6) is 0.692. The van der Waals surface area contributed by atoms with Gasteiger partial charge in [0.2, 0.25) is 0 Å². The Balaban J connectivity index is 1.58. The lowest BCUT2D eigenvalue weighted by Gasteiger charge is -2.08. The van der Waals surface area contributed by atoms with Gasteiger partial charge in [-0.05, 0) is 54.1 Å². The van der Waals surface area contributed by atoms with E-state index in [1.807, 2.05) is 24.3 Å². The molecule has 0 fully saturated rings. The van der Waals surface area contributed by atoms with Crippen molar-refractivity contribution >= 4 is 23.3 Å². The molecule has 1 aromatic carbocycles. The Morgan fingerprint density at radius 1 is 1.17 bits per heavy atom. The zero-order valence-corrected chi connectivity index (χ0v) is 12.9. The Hall–Kier alpha value is -2.79. The fourth-order valence-electron chi connectivity index (χ4n) is 2.03. The van der Waals surface area contributed by atoms with E-state index in [9.17, 15) is 4.79 Å². The third-order valence-corrected chi connectivity index (χ3v) is 3.41. The summed E-state index contributed by atoms with van der Waals surface area (Å²) in [6.07, 6.45) is 3.29. The van der Waals surface area contributed by atoms with Crippen molar-refractivity contribution in [1.82, 2.24) is 10.3 Å². The third-order valence-electron chi connectivity index (χ3n) is 3.15. The van der Waals surface area contributed by atoms with Gasteiger partial charge in [-0.3, -0.25) is 4.98 Å². The van der Waals surface area contributed by atoms with Gasteiger partial charge in [-0.1, -0.05) is 11.6 Å². The lowest BCUT2D eigenvalue weighted by molar-refractivity contribution is 0.251. The molecule has 0 saturated heterocycles. The fraction of sp³-hybridized carbons (Fsp3) is 0.0588. The molecular formula is C17H14ClN3O2. The van der Waals surface area contributed by atoms with Gasteiger partial charge in [0.1, 0.15) is 5.69 Å². The van der Waals surface area contributed by atoms with Gasteiger partial charge < -0.3 is 15.1 Å². The summed E-state index contributed by atoms with van der Waals surface area (Å²) in [6.45, 7) is 0.385. The first-order valence-corrected chi connectivity index (χ1v) is 7.38. The number of rotatable bonds is 4. The predicted molar refractivity (Wildman–Crippen MR) is 89.2 cm³/mol. The number of hydrogen-bond donors (Lipinski definition) is 2. The summed E-state index contributed by atoms with van der Waals surface area (Å²) in [6, 6.07) is 14.0. The van der Waals surface area contributed by atoms with Gasteiger partial charge in [-0.15, -0.1) is 0 Å². The minimum absolute atomic E-state index is 0.288. The topological polar surface area (TPSA) is 67.2 Å². The van der Waals surface area contributed by atoms with E-state index in [1.54, 1.807) is 36.7 Å². The number of urea groups is 1. The van der Waals surface area contributed by atoms with E-state index in [4.69, 9.17) is 16.0 Å². The standard InChI is InChI=1S/C17H14ClN3O2/c18-13-3-5-14(6-4-13)21-17(22)20-11-12-7-8-19-15(10-12)16-2-1-9-23-16/h1-10H,11H2,(H2,20,21,22). The van der Waals surface area contributed by atoms with Gasteiger partial charge in [-0.25, -0.2) is 4.79 Å². The molecular weight excluding hydrogens is 314 g/mol. The first kappa shape index (κ1) is 15.1. The first-order chi connectivity index (χ1) is 11.2. The summed E-state index contributed by atoms with van der Waals surface area (Å²) in [5.41, 5.74) is 2.34. The van der Waals surface area contributed by atoms with Crippen molar-refractivity contribution < 1.29 is 9.21 Å². The van der Waals surface area contributed by atoms with Gasteiger partial charge in [0.05, 0.1) is 6.26 Å². The molecule has 0 saturated carbocycles. The number of hydrogen-bond acceptors (Lipinski definition) is 3. The van der Waals surface area contributed by atoms with Crippen LogP contribution in [0, 0.1) is 0 Å². The molecule has 3 aromatic rings. The Morgan fingerprint density at radius 2 is 2.00 bits per heavy atom. The summed E-state index contributed by atoms with van der Waals surface area (Å²) in [5, 5.41) is 6.16. The number of amides is 2. The minimum Gasteiger partial charge on any atom is -0.463 e. The highest BCUT2D eigenvalue weighted by Crippen LogP contribution is 2.18. The molecule has 2 N–H and O–H groups in total. The number of halogens is 1. The summed E-state index contributed by atoms with van der Waals surface area (Å²) in [7, 11) is 0. The number of anilines is 1. The van der Waals surface area contributed by atoms with Crippen molar-refractivity contribution in [3.63, 3.8) is 0 Å². The zero-order chi connectivity index (χ0) is 16.1. The van der Waals surface area contributed by atoms with Crippen LogP contribution in [0.5, 0.6) is 0 Å². The number of nitrogens with zero attached hydrogens (tertiary/aromatic N) is 1. The van der Waals surface area contributed by atoms with Crippen LogP contribution in [0.2, 0.25) is 5.02 Å². The lowest BCUT2D eigenvalue weighted by Crippen LogP contribution is -2.28. The lowest BCUT2D eigenvalue weighted by atomic mass is 10.2. The average molecular weight is 328 g/mol. The van der Waals surface area contributed by atoms with Gasteiger partial charge >= 0.3 is 6.03 Å². The van der Waals surface area contributed by atoms with Crippen molar-refractivity contribution in [3.05, 3.63) is 71.6 Å². The number of carbonyl (C=O) groups excluding carboxylic acids is 1. The molecule has 23 heavy (non-hydrogen) atoms. The van der Waals surface area contributed by atoms with Crippen molar-refractivity contribution in [2.75, 3.05) is 5.32 Å². The first-order valence-electron chi connectivity index (χ1n) is 7.00. The highest BCUT2D eigenvalue weighted by atomic mass is 35.5. The van der Waals surface area contributed by atoms with Crippen molar-refractivity contribution in [1.29, 1.82) is 0 Å². The molecule has 2 aromatic heterocycles. The van der Waals surface area contributed by atoms with Gasteiger partial charge in [0.15, 0.2) is 5.76 Å². The Bertz CT molecular complexity index is 786. The van der Waals surface area contributed by atoms with E-state index in [2.05, 4.69) is 15.6 Å². The highest BCUT2D eigenvalue weighted by molar-refractivity contribution is 6.30. The average Bonchev–Trinajstić information content (AvgIpc) is 3.10. The van der Waals surface area contributed by atoms with Crippen LogP contribution >= 0.6 is 11.6 Å². The van der Waals surface area contributed by atoms with Crippen molar-refractivity contribution in [2.45, 2.75) is 6.54 Å². The monoisotopic (exact) mass is 327 g/mol. The molecule has 3 rings (SSSR count). The minimum atomic E-state index is -0.288. The van der Waals surface area contributed by atoms with E-state index in [0.717, 1.165) is 11.3 Å². The number of benzene rings is 1. The van der Waals surface area contributed by atoms with E-state index < -0.39 is 0 Å². The van der Waals surface area contributed by atoms with Gasteiger partial charge in [0, 0.05) is 23.5 Å². The molecule has 0 unspecified atom stereocenters. The molecule has 0 bridgehead atoms. The number of aromatic nitrogens is 1. The number of carbonyl (C=O) groups is 1. The van der Waals surface area contributed by atoms with E-state index in [1.165, 1.54) is 0 Å². The van der Waals surface area contributed by atoms with Crippen molar-refractivity contribution in [2.24, 2.45) is 0 Å². The predicted octanol–water partition coefficient (Wildman–Crippen LogP) is 4.32. The summed E-state index contributed by atoms with van der Waals surface area (Å²) in [4.78, 5) is 16.1. The van der Waals surface area contributed by atoms with Crippen LogP contribution in [-0.4, -0.2) is 11.0 Å². The molecule has 0 aliphatic rings. The third kappa shape index (κ3) is 4.11. The Kier molecular flexibility index (Phi) is 4.59. The molecule has 5 nitrogen and oxygen atoms in total. The zero-order valence-electron chi connectivity index (χ0n) is 12.1. The van der Waals surface area contributed by atoms with E-state index in [-0.39, 0.29) is 6.03 Å². The molecule has 0 spiro atoms. The van der Waals surface area contributed by atoms with Crippen LogP contribution < -0.4 is 10.6 Å². The SMILES string of the molecule is O=C(NCc1ccnc(-c2ccco2)c1)Nc1ccc(Cl)cc1. The maximum Gasteiger partial charge on any atom is 0.319 e. The second kappa shape index (κ2) is 6.98. The second-order valence-electron chi connectivity index (χ2n) is 4.84. The molecule has 0 aliphatic heterocycles.